The zero-order valence-electron chi connectivity index (χ0n) is 12.2. The molecule has 0 spiro atoms. The molecule has 1 unspecified atom stereocenters. The van der Waals surface area contributed by atoms with Gasteiger partial charge in [0.25, 0.3) is 0 Å². The largest absolute Gasteiger partial charge is 0.380 e. The number of nitrogens with one attached hydrogen (secondary N) is 1. The zero-order valence-corrected chi connectivity index (χ0v) is 12.2. The lowest BCUT2D eigenvalue weighted by atomic mass is 10.1. The van der Waals surface area contributed by atoms with Gasteiger partial charge in [-0.1, -0.05) is 12.1 Å². The maximum atomic E-state index is 13.8. The maximum Gasteiger partial charge on any atom is 0.146 e. The van der Waals surface area contributed by atoms with Crippen molar-refractivity contribution in [2.75, 3.05) is 18.4 Å². The molecule has 1 fully saturated rings. The number of halogens is 1. The summed E-state index contributed by atoms with van der Waals surface area (Å²) in [6.07, 6.45) is 3.40. The van der Waals surface area contributed by atoms with E-state index in [4.69, 9.17) is 0 Å². The SMILES string of the molecule is Cc1cccc(F)c1NC1CCCN(C(C)C)CC1. The van der Waals surface area contributed by atoms with E-state index >= 15 is 0 Å². The first-order chi connectivity index (χ1) is 9.08. The molecule has 1 aromatic carbocycles. The predicted molar refractivity (Wildman–Crippen MR) is 79.1 cm³/mol. The standard InChI is InChI=1S/C16H25FN2/c1-12(2)19-10-5-7-14(9-11-19)18-16-13(3)6-4-8-15(16)17/h4,6,8,12,14,18H,5,7,9-11H2,1-3H3. The van der Waals surface area contributed by atoms with Gasteiger partial charge in [-0.05, 0) is 58.2 Å². The Kier molecular flexibility index (Phi) is 4.81. The fourth-order valence-electron chi connectivity index (χ4n) is 2.80. The molecule has 0 radical (unpaired) electrons. The fraction of sp³-hybridized carbons (Fsp3) is 0.625. The molecule has 0 bridgehead atoms. The van der Waals surface area contributed by atoms with Crippen LogP contribution in [0.5, 0.6) is 0 Å². The van der Waals surface area contributed by atoms with Crippen LogP contribution in [-0.2, 0) is 0 Å². The fourth-order valence-corrected chi connectivity index (χ4v) is 2.80. The first kappa shape index (κ1) is 14.3. The summed E-state index contributed by atoms with van der Waals surface area (Å²) in [7, 11) is 0. The van der Waals surface area contributed by atoms with Gasteiger partial charge in [0.2, 0.25) is 0 Å². The van der Waals surface area contributed by atoms with Gasteiger partial charge < -0.3 is 10.2 Å². The molecule has 19 heavy (non-hydrogen) atoms. The third-order valence-electron chi connectivity index (χ3n) is 4.06. The van der Waals surface area contributed by atoms with E-state index in [0.29, 0.717) is 17.8 Å². The van der Waals surface area contributed by atoms with Crippen LogP contribution in [-0.4, -0.2) is 30.1 Å². The van der Waals surface area contributed by atoms with Crippen LogP contribution in [0.4, 0.5) is 10.1 Å². The molecular formula is C16H25FN2. The van der Waals surface area contributed by atoms with Crippen molar-refractivity contribution in [1.82, 2.24) is 4.90 Å². The van der Waals surface area contributed by atoms with Crippen molar-refractivity contribution >= 4 is 5.69 Å². The average molecular weight is 264 g/mol. The van der Waals surface area contributed by atoms with Gasteiger partial charge in [0, 0.05) is 18.6 Å². The van der Waals surface area contributed by atoms with Crippen molar-refractivity contribution in [2.24, 2.45) is 0 Å². The molecule has 1 aliphatic heterocycles. The highest BCUT2D eigenvalue weighted by molar-refractivity contribution is 5.52. The van der Waals surface area contributed by atoms with E-state index in [1.807, 2.05) is 13.0 Å². The number of nitrogens with zero attached hydrogens (tertiary/aromatic N) is 1. The van der Waals surface area contributed by atoms with E-state index in [2.05, 4.69) is 24.1 Å². The second kappa shape index (κ2) is 6.38. The second-order valence-corrected chi connectivity index (χ2v) is 5.83. The van der Waals surface area contributed by atoms with E-state index < -0.39 is 0 Å². The van der Waals surface area contributed by atoms with Crippen molar-refractivity contribution in [3.8, 4) is 0 Å². The number of benzene rings is 1. The third kappa shape index (κ3) is 3.69. The maximum absolute atomic E-state index is 13.8. The minimum atomic E-state index is -0.134. The number of anilines is 1. The lowest BCUT2D eigenvalue weighted by Crippen LogP contribution is -2.32. The van der Waals surface area contributed by atoms with Crippen LogP contribution in [0.25, 0.3) is 0 Å². The second-order valence-electron chi connectivity index (χ2n) is 5.83. The summed E-state index contributed by atoms with van der Waals surface area (Å²) in [5, 5.41) is 3.42. The summed E-state index contributed by atoms with van der Waals surface area (Å²) in [5.74, 6) is -0.134. The van der Waals surface area contributed by atoms with E-state index in [9.17, 15) is 4.39 Å². The zero-order chi connectivity index (χ0) is 13.8. The van der Waals surface area contributed by atoms with Gasteiger partial charge in [-0.2, -0.15) is 0 Å². The van der Waals surface area contributed by atoms with Crippen LogP contribution in [0.2, 0.25) is 0 Å². The highest BCUT2D eigenvalue weighted by atomic mass is 19.1. The summed E-state index contributed by atoms with van der Waals surface area (Å²) >= 11 is 0. The number of hydrogen-bond acceptors (Lipinski definition) is 2. The monoisotopic (exact) mass is 264 g/mol. The Bertz CT molecular complexity index is 397. The van der Waals surface area contributed by atoms with Gasteiger partial charge in [0.15, 0.2) is 0 Å². The molecule has 1 aliphatic rings. The summed E-state index contributed by atoms with van der Waals surface area (Å²) in [6, 6.07) is 6.26. The molecule has 2 nitrogen and oxygen atoms in total. The van der Waals surface area contributed by atoms with Crippen LogP contribution in [0.1, 0.15) is 38.7 Å². The Balaban J connectivity index is 2.00. The van der Waals surface area contributed by atoms with Crippen molar-refractivity contribution in [1.29, 1.82) is 0 Å². The van der Waals surface area contributed by atoms with Crippen LogP contribution in [0, 0.1) is 12.7 Å². The minimum Gasteiger partial charge on any atom is -0.380 e. The van der Waals surface area contributed by atoms with Gasteiger partial charge in [0.05, 0.1) is 5.69 Å². The topological polar surface area (TPSA) is 15.3 Å². The van der Waals surface area contributed by atoms with Crippen molar-refractivity contribution < 1.29 is 4.39 Å². The van der Waals surface area contributed by atoms with Gasteiger partial charge in [-0.3, -0.25) is 0 Å². The number of rotatable bonds is 3. The molecule has 1 heterocycles. The van der Waals surface area contributed by atoms with Crippen molar-refractivity contribution in [3.63, 3.8) is 0 Å². The number of para-hydroxylation sites is 1. The van der Waals surface area contributed by atoms with Gasteiger partial charge >= 0.3 is 0 Å². The van der Waals surface area contributed by atoms with E-state index in [-0.39, 0.29) is 5.82 Å². The molecule has 1 aromatic rings. The lowest BCUT2D eigenvalue weighted by molar-refractivity contribution is 0.230. The molecule has 0 aromatic heterocycles. The van der Waals surface area contributed by atoms with Gasteiger partial charge in [-0.25, -0.2) is 4.39 Å². The molecule has 1 saturated heterocycles. The summed E-state index contributed by atoms with van der Waals surface area (Å²) in [5.41, 5.74) is 1.68. The molecule has 2 rings (SSSR count). The normalized spacial score (nSPS) is 21.4. The lowest BCUT2D eigenvalue weighted by Gasteiger charge is -2.24. The van der Waals surface area contributed by atoms with Crippen LogP contribution >= 0.6 is 0 Å². The Morgan fingerprint density at radius 3 is 2.74 bits per heavy atom. The summed E-state index contributed by atoms with van der Waals surface area (Å²) < 4.78 is 13.8. The molecular weight excluding hydrogens is 239 g/mol. The molecule has 1 N–H and O–H groups in total. The predicted octanol–water partition coefficient (Wildman–Crippen LogP) is 3.81. The number of aryl methyl sites for hydroxylation is 1. The highest BCUT2D eigenvalue weighted by Gasteiger charge is 2.19. The van der Waals surface area contributed by atoms with E-state index in [0.717, 1.165) is 31.5 Å². The molecule has 0 amide bonds. The smallest absolute Gasteiger partial charge is 0.146 e. The van der Waals surface area contributed by atoms with E-state index in [1.54, 1.807) is 6.07 Å². The number of hydrogen-bond donors (Lipinski definition) is 1. The van der Waals surface area contributed by atoms with Crippen molar-refractivity contribution in [3.05, 3.63) is 29.6 Å². The van der Waals surface area contributed by atoms with Crippen LogP contribution in [0.3, 0.4) is 0 Å². The average Bonchev–Trinajstić information content (AvgIpc) is 2.59. The quantitative estimate of drug-likeness (QED) is 0.893. The van der Waals surface area contributed by atoms with Crippen LogP contribution in [0.15, 0.2) is 18.2 Å². The first-order valence-electron chi connectivity index (χ1n) is 7.33. The Hall–Kier alpha value is -1.09. The molecule has 0 saturated carbocycles. The first-order valence-corrected chi connectivity index (χ1v) is 7.33. The minimum absolute atomic E-state index is 0.134. The van der Waals surface area contributed by atoms with Crippen molar-refractivity contribution in [2.45, 2.75) is 52.1 Å². The van der Waals surface area contributed by atoms with Gasteiger partial charge in [0.1, 0.15) is 5.82 Å². The Morgan fingerprint density at radius 2 is 2.05 bits per heavy atom. The summed E-state index contributed by atoms with van der Waals surface area (Å²) in [4.78, 5) is 2.51. The Labute approximate surface area is 116 Å². The molecule has 1 atom stereocenters. The van der Waals surface area contributed by atoms with Crippen LogP contribution < -0.4 is 5.32 Å². The Morgan fingerprint density at radius 1 is 1.26 bits per heavy atom. The molecule has 0 aliphatic carbocycles. The number of likely N-dealkylation sites (tertiary alicyclic amines) is 1. The van der Waals surface area contributed by atoms with E-state index in [1.165, 1.54) is 12.5 Å². The molecule has 3 heteroatoms. The third-order valence-corrected chi connectivity index (χ3v) is 4.06. The summed E-state index contributed by atoms with van der Waals surface area (Å²) in [6.45, 7) is 8.71. The van der Waals surface area contributed by atoms with Gasteiger partial charge in [-0.15, -0.1) is 0 Å². The molecule has 106 valence electrons. The highest BCUT2D eigenvalue weighted by Crippen LogP contribution is 2.23.